The highest BCUT2D eigenvalue weighted by Gasteiger charge is 2.30. The van der Waals surface area contributed by atoms with Crippen molar-refractivity contribution in [1.29, 1.82) is 0 Å². The normalized spacial score (nSPS) is 11.7. The Kier molecular flexibility index (Phi) is 4.53. The zero-order valence-corrected chi connectivity index (χ0v) is 14.6. The number of alkyl halides is 3. The Labute approximate surface area is 157 Å². The second-order valence-corrected chi connectivity index (χ2v) is 6.90. The van der Waals surface area contributed by atoms with Gasteiger partial charge in [0.2, 0.25) is 0 Å². The minimum Gasteiger partial charge on any atom is -0.406 e. The molecule has 0 fully saturated rings. The van der Waals surface area contributed by atoms with E-state index >= 15 is 0 Å². The van der Waals surface area contributed by atoms with Crippen molar-refractivity contribution in [2.75, 3.05) is 0 Å². The summed E-state index contributed by atoms with van der Waals surface area (Å²) in [7, 11) is 0. The lowest BCUT2D eigenvalue weighted by molar-refractivity contribution is -0.274. The van der Waals surface area contributed by atoms with Crippen molar-refractivity contribution in [1.82, 2.24) is 9.97 Å². The molecule has 0 atom stereocenters. The molecule has 0 radical (unpaired) electrons. The van der Waals surface area contributed by atoms with Crippen molar-refractivity contribution in [2.24, 2.45) is 0 Å². The molecule has 4 aromatic rings. The van der Waals surface area contributed by atoms with Crippen LogP contribution in [0.2, 0.25) is 0 Å². The first-order valence-corrected chi connectivity index (χ1v) is 8.87. The van der Waals surface area contributed by atoms with Gasteiger partial charge in [-0.2, -0.15) is 0 Å². The van der Waals surface area contributed by atoms with Crippen LogP contribution in [-0.4, -0.2) is 16.3 Å². The zero-order valence-electron chi connectivity index (χ0n) is 13.8. The Morgan fingerprint density at radius 1 is 0.815 bits per heavy atom. The summed E-state index contributed by atoms with van der Waals surface area (Å²) >= 11 is 1.46. The van der Waals surface area contributed by atoms with E-state index in [0.717, 1.165) is 32.2 Å². The number of aromatic nitrogens is 2. The van der Waals surface area contributed by atoms with Gasteiger partial charge in [-0.3, -0.25) is 0 Å². The van der Waals surface area contributed by atoms with E-state index in [-0.39, 0.29) is 5.75 Å². The Morgan fingerprint density at radius 2 is 1.44 bits per heavy atom. The van der Waals surface area contributed by atoms with E-state index in [2.05, 4.69) is 14.7 Å². The average molecular weight is 386 g/mol. The minimum absolute atomic E-state index is 0.230. The van der Waals surface area contributed by atoms with Gasteiger partial charge in [-0.25, -0.2) is 4.98 Å². The highest BCUT2D eigenvalue weighted by Crippen LogP contribution is 2.32. The number of imidazole rings is 1. The number of aromatic amines is 1. The quantitative estimate of drug-likeness (QED) is 0.449. The standard InChI is InChI=1S/C20H13F3N2OS/c21-20(22,23)26-14-7-11-16(12-8-14)27-15-9-5-13(6-10-15)19-24-17-3-1-2-4-18(17)25-19/h1-12H,(H,24,25). The maximum atomic E-state index is 12.2. The van der Waals surface area contributed by atoms with Crippen molar-refractivity contribution in [3.8, 4) is 17.1 Å². The van der Waals surface area contributed by atoms with Gasteiger partial charge < -0.3 is 9.72 Å². The lowest BCUT2D eigenvalue weighted by atomic mass is 10.2. The average Bonchev–Trinajstić information content (AvgIpc) is 3.07. The lowest BCUT2D eigenvalue weighted by Crippen LogP contribution is -2.16. The molecule has 136 valence electrons. The molecule has 0 spiro atoms. The predicted molar refractivity (Wildman–Crippen MR) is 98.8 cm³/mol. The van der Waals surface area contributed by atoms with Crippen LogP contribution in [0, 0.1) is 0 Å². The lowest BCUT2D eigenvalue weighted by Gasteiger charge is -2.09. The van der Waals surface area contributed by atoms with Gasteiger partial charge in [0.05, 0.1) is 11.0 Å². The third kappa shape index (κ3) is 4.25. The number of nitrogens with zero attached hydrogens (tertiary/aromatic N) is 1. The number of hydrogen-bond donors (Lipinski definition) is 1. The highest BCUT2D eigenvalue weighted by molar-refractivity contribution is 7.99. The van der Waals surface area contributed by atoms with Gasteiger partial charge in [0.15, 0.2) is 0 Å². The van der Waals surface area contributed by atoms with E-state index in [1.807, 2.05) is 48.5 Å². The van der Waals surface area contributed by atoms with Gasteiger partial charge >= 0.3 is 6.36 Å². The second kappa shape index (κ2) is 7.00. The molecule has 0 unspecified atom stereocenters. The van der Waals surface area contributed by atoms with Gasteiger partial charge in [-0.15, -0.1) is 13.2 Å². The molecular formula is C20H13F3N2OS. The third-order valence-electron chi connectivity index (χ3n) is 3.81. The van der Waals surface area contributed by atoms with Crippen molar-refractivity contribution in [2.45, 2.75) is 16.2 Å². The summed E-state index contributed by atoms with van der Waals surface area (Å²) in [5, 5.41) is 0. The summed E-state index contributed by atoms with van der Waals surface area (Å²) in [6, 6.07) is 21.4. The van der Waals surface area contributed by atoms with Crippen LogP contribution in [-0.2, 0) is 0 Å². The van der Waals surface area contributed by atoms with Gasteiger partial charge in [0.1, 0.15) is 11.6 Å². The minimum atomic E-state index is -4.68. The topological polar surface area (TPSA) is 37.9 Å². The number of rotatable bonds is 4. The van der Waals surface area contributed by atoms with Gasteiger partial charge in [-0.05, 0) is 48.5 Å². The number of hydrogen-bond acceptors (Lipinski definition) is 3. The van der Waals surface area contributed by atoms with Crippen LogP contribution in [0.1, 0.15) is 0 Å². The number of halogens is 3. The van der Waals surface area contributed by atoms with Crippen LogP contribution in [0.25, 0.3) is 22.4 Å². The fourth-order valence-corrected chi connectivity index (χ4v) is 3.43. The largest absolute Gasteiger partial charge is 0.573 e. The third-order valence-corrected chi connectivity index (χ3v) is 4.83. The molecule has 27 heavy (non-hydrogen) atoms. The van der Waals surface area contributed by atoms with Crippen molar-refractivity contribution >= 4 is 22.8 Å². The van der Waals surface area contributed by atoms with Gasteiger partial charge in [0, 0.05) is 15.4 Å². The summed E-state index contributed by atoms with van der Waals surface area (Å²) in [5.41, 5.74) is 2.85. The van der Waals surface area contributed by atoms with Crippen LogP contribution >= 0.6 is 11.8 Å². The summed E-state index contributed by atoms with van der Waals surface area (Å²) in [4.78, 5) is 9.64. The number of nitrogens with one attached hydrogen (secondary N) is 1. The maximum absolute atomic E-state index is 12.2. The second-order valence-electron chi connectivity index (χ2n) is 5.75. The molecule has 0 saturated heterocycles. The van der Waals surface area contributed by atoms with Gasteiger partial charge in [0.25, 0.3) is 0 Å². The van der Waals surface area contributed by atoms with Crippen molar-refractivity contribution in [3.05, 3.63) is 72.8 Å². The fraction of sp³-hybridized carbons (Fsp3) is 0.0500. The molecule has 0 aliphatic rings. The molecule has 0 aliphatic carbocycles. The Hall–Kier alpha value is -2.93. The Morgan fingerprint density at radius 3 is 2.07 bits per heavy atom. The monoisotopic (exact) mass is 386 g/mol. The summed E-state index contributed by atoms with van der Waals surface area (Å²) in [5.74, 6) is 0.563. The molecule has 0 bridgehead atoms. The first-order chi connectivity index (χ1) is 13.0. The molecule has 4 rings (SSSR count). The van der Waals surface area contributed by atoms with Crippen LogP contribution in [0.15, 0.2) is 82.6 Å². The number of ether oxygens (including phenoxy) is 1. The highest BCUT2D eigenvalue weighted by atomic mass is 32.2. The first kappa shape index (κ1) is 17.5. The molecule has 3 nitrogen and oxygen atoms in total. The van der Waals surface area contributed by atoms with E-state index < -0.39 is 6.36 Å². The number of benzene rings is 3. The molecule has 0 saturated carbocycles. The number of H-pyrrole nitrogens is 1. The molecular weight excluding hydrogens is 373 g/mol. The van der Waals surface area contributed by atoms with E-state index in [1.54, 1.807) is 12.1 Å². The summed E-state index contributed by atoms with van der Waals surface area (Å²) in [6.45, 7) is 0. The smallest absolute Gasteiger partial charge is 0.406 e. The molecule has 1 aromatic heterocycles. The molecule has 3 aromatic carbocycles. The molecule has 1 heterocycles. The van der Waals surface area contributed by atoms with E-state index in [1.165, 1.54) is 23.9 Å². The maximum Gasteiger partial charge on any atom is 0.573 e. The van der Waals surface area contributed by atoms with E-state index in [9.17, 15) is 13.2 Å². The SMILES string of the molecule is FC(F)(F)Oc1ccc(Sc2ccc(-c3nc4ccccc4[nH]3)cc2)cc1. The Balaban J connectivity index is 1.47. The van der Waals surface area contributed by atoms with Crippen LogP contribution in [0.5, 0.6) is 5.75 Å². The molecule has 0 amide bonds. The molecule has 7 heteroatoms. The summed E-state index contributed by atoms with van der Waals surface area (Å²) in [6.07, 6.45) is -4.68. The number of fused-ring (bicyclic) bond motifs is 1. The first-order valence-electron chi connectivity index (χ1n) is 8.05. The van der Waals surface area contributed by atoms with Crippen molar-refractivity contribution < 1.29 is 17.9 Å². The van der Waals surface area contributed by atoms with Crippen LogP contribution < -0.4 is 4.74 Å². The summed E-state index contributed by atoms with van der Waals surface area (Å²) < 4.78 is 40.5. The predicted octanol–water partition coefficient (Wildman–Crippen LogP) is 6.28. The Bertz CT molecular complexity index is 1020. The number of para-hydroxylation sites is 2. The van der Waals surface area contributed by atoms with Crippen LogP contribution in [0.3, 0.4) is 0 Å². The zero-order chi connectivity index (χ0) is 18.9. The molecule has 1 N–H and O–H groups in total. The van der Waals surface area contributed by atoms with E-state index in [4.69, 9.17) is 0 Å². The van der Waals surface area contributed by atoms with Gasteiger partial charge in [-0.1, -0.05) is 36.0 Å². The van der Waals surface area contributed by atoms with Crippen molar-refractivity contribution in [3.63, 3.8) is 0 Å². The fourth-order valence-electron chi connectivity index (χ4n) is 2.62. The van der Waals surface area contributed by atoms with Crippen LogP contribution in [0.4, 0.5) is 13.2 Å². The molecule has 0 aliphatic heterocycles. The van der Waals surface area contributed by atoms with E-state index in [0.29, 0.717) is 0 Å².